The first kappa shape index (κ1) is 30.2. The average Bonchev–Trinajstić information content (AvgIpc) is 3.78. The van der Waals surface area contributed by atoms with Crippen molar-refractivity contribution in [1.82, 2.24) is 9.55 Å². The van der Waals surface area contributed by atoms with Gasteiger partial charge in [0, 0.05) is 28.0 Å². The van der Waals surface area contributed by atoms with E-state index in [0.717, 1.165) is 16.6 Å². The molecular formula is C53H32N2. The Bertz CT molecular complexity index is 3250. The molecule has 0 saturated carbocycles. The zero-order chi connectivity index (χ0) is 36.0. The van der Waals surface area contributed by atoms with Crippen LogP contribution in [0.15, 0.2) is 194 Å². The maximum absolute atomic E-state index is 4.83. The van der Waals surface area contributed by atoms with E-state index in [-0.39, 0.29) is 0 Å². The summed E-state index contributed by atoms with van der Waals surface area (Å²) in [5.41, 5.74) is 17.3. The topological polar surface area (TPSA) is 17.8 Å². The lowest BCUT2D eigenvalue weighted by Crippen LogP contribution is -1.94. The minimum absolute atomic E-state index is 1.04. The number of nitrogens with zero attached hydrogens (tertiary/aromatic N) is 2. The second kappa shape index (κ2) is 11.6. The van der Waals surface area contributed by atoms with E-state index in [0.29, 0.717) is 0 Å². The second-order valence-corrected chi connectivity index (χ2v) is 14.6. The van der Waals surface area contributed by atoms with Gasteiger partial charge in [0.15, 0.2) is 0 Å². The summed E-state index contributed by atoms with van der Waals surface area (Å²) in [6, 6.07) is 68.9. The highest BCUT2D eigenvalue weighted by Crippen LogP contribution is 2.58. The average molecular weight is 697 g/mol. The van der Waals surface area contributed by atoms with Gasteiger partial charge in [-0.25, -0.2) is 0 Å². The molecule has 9 aromatic carbocycles. The summed E-state index contributed by atoms with van der Waals surface area (Å²) < 4.78 is 2.38. The summed E-state index contributed by atoms with van der Waals surface area (Å²) in [5.74, 6) is 0. The first-order chi connectivity index (χ1) is 27.3. The first-order valence-electron chi connectivity index (χ1n) is 19.0. The van der Waals surface area contributed by atoms with Crippen LogP contribution in [0.4, 0.5) is 0 Å². The van der Waals surface area contributed by atoms with Crippen LogP contribution in [0.5, 0.6) is 0 Å². The Morgan fingerprint density at radius 2 is 0.927 bits per heavy atom. The van der Waals surface area contributed by atoms with Crippen LogP contribution < -0.4 is 0 Å². The summed E-state index contributed by atoms with van der Waals surface area (Å²) >= 11 is 0. The molecule has 0 N–H and O–H groups in total. The van der Waals surface area contributed by atoms with Crippen LogP contribution in [0.1, 0.15) is 0 Å². The number of rotatable bonds is 4. The quantitative estimate of drug-likeness (QED) is 0.179. The van der Waals surface area contributed by atoms with E-state index in [4.69, 9.17) is 4.98 Å². The van der Waals surface area contributed by atoms with E-state index in [2.05, 4.69) is 187 Å². The molecule has 1 aliphatic carbocycles. The zero-order valence-electron chi connectivity index (χ0n) is 29.9. The zero-order valence-corrected chi connectivity index (χ0v) is 29.9. The van der Waals surface area contributed by atoms with Crippen LogP contribution in [-0.2, 0) is 0 Å². The Morgan fingerprint density at radius 1 is 0.327 bits per heavy atom. The summed E-state index contributed by atoms with van der Waals surface area (Å²) in [5, 5.41) is 8.72. The summed E-state index contributed by atoms with van der Waals surface area (Å²) in [6.45, 7) is 0. The molecular weight excluding hydrogens is 665 g/mol. The van der Waals surface area contributed by atoms with Gasteiger partial charge >= 0.3 is 0 Å². The van der Waals surface area contributed by atoms with E-state index in [1.165, 1.54) is 99.0 Å². The molecule has 11 aromatic rings. The van der Waals surface area contributed by atoms with Gasteiger partial charge in [-0.2, -0.15) is 0 Å². The van der Waals surface area contributed by atoms with Crippen molar-refractivity contribution in [2.24, 2.45) is 0 Å². The van der Waals surface area contributed by atoms with Gasteiger partial charge in [0.2, 0.25) is 0 Å². The Labute approximate surface area is 318 Å². The lowest BCUT2D eigenvalue weighted by Gasteiger charge is -2.20. The summed E-state index contributed by atoms with van der Waals surface area (Å²) in [4.78, 5) is 4.83. The molecule has 0 saturated heterocycles. The highest BCUT2D eigenvalue weighted by molar-refractivity contribution is 6.29. The van der Waals surface area contributed by atoms with Crippen LogP contribution >= 0.6 is 0 Å². The predicted molar refractivity (Wildman–Crippen MR) is 232 cm³/mol. The molecule has 0 atom stereocenters. The molecule has 0 bridgehead atoms. The van der Waals surface area contributed by atoms with Gasteiger partial charge < -0.3 is 4.57 Å². The van der Waals surface area contributed by atoms with E-state index in [1.807, 2.05) is 12.3 Å². The molecule has 254 valence electrons. The van der Waals surface area contributed by atoms with Crippen molar-refractivity contribution in [3.05, 3.63) is 194 Å². The Hall–Kier alpha value is -7.29. The van der Waals surface area contributed by atoms with Crippen molar-refractivity contribution in [2.45, 2.75) is 0 Å². The largest absolute Gasteiger partial charge is 0.309 e. The van der Waals surface area contributed by atoms with Gasteiger partial charge in [-0.15, -0.1) is 0 Å². The normalized spacial score (nSPS) is 12.0. The monoisotopic (exact) mass is 696 g/mol. The molecule has 2 aromatic heterocycles. The molecule has 0 amide bonds. The van der Waals surface area contributed by atoms with Crippen molar-refractivity contribution in [3.8, 4) is 61.3 Å². The van der Waals surface area contributed by atoms with Crippen LogP contribution in [0.3, 0.4) is 0 Å². The van der Waals surface area contributed by atoms with E-state index in [1.54, 1.807) is 0 Å². The van der Waals surface area contributed by atoms with Crippen molar-refractivity contribution >= 4 is 54.3 Å². The van der Waals surface area contributed by atoms with Crippen LogP contribution in [-0.4, -0.2) is 9.55 Å². The van der Waals surface area contributed by atoms with Gasteiger partial charge in [-0.05, 0) is 108 Å². The van der Waals surface area contributed by atoms with Crippen LogP contribution in [0, 0.1) is 0 Å². The molecule has 12 rings (SSSR count). The fraction of sp³-hybridized carbons (Fsp3) is 0. The Balaban J connectivity index is 1.08. The van der Waals surface area contributed by atoms with Crippen LogP contribution in [0.2, 0.25) is 0 Å². The third kappa shape index (κ3) is 4.28. The molecule has 0 spiro atoms. The Kier molecular flexibility index (Phi) is 6.37. The van der Waals surface area contributed by atoms with E-state index in [9.17, 15) is 0 Å². The standard InChI is InChI=1S/C53H32N2/c1-3-13-34(14-4-1)47-40-18-7-8-19-41(40)48(35-15-5-2-6-16-35)52-44-30-29-38(39-21-11-22-43(49(39)44)51(47)52)33-24-27-37(28-25-33)55-45-23-10-9-20-42(45)50-46(55)31-26-36-17-12-32-54-53(36)50/h1-32H. The van der Waals surface area contributed by atoms with Crippen molar-refractivity contribution < 1.29 is 0 Å². The highest BCUT2D eigenvalue weighted by Gasteiger charge is 2.31. The van der Waals surface area contributed by atoms with Gasteiger partial charge in [0.05, 0.1) is 16.6 Å². The first-order valence-corrected chi connectivity index (χ1v) is 19.0. The SMILES string of the molecule is c1ccc(-c2c3c(c(-c4ccccc4)c4ccccc24)-c2ccc(-c4ccc(-n5c6ccccc6c6c7ncccc7ccc65)cc4)c4cccc-3c24)cc1. The fourth-order valence-corrected chi connectivity index (χ4v) is 9.53. The Morgan fingerprint density at radius 3 is 1.64 bits per heavy atom. The van der Waals surface area contributed by atoms with Gasteiger partial charge in [-0.3, -0.25) is 4.98 Å². The molecule has 0 radical (unpaired) electrons. The number of fused-ring (bicyclic) bond motifs is 9. The molecule has 0 fully saturated rings. The van der Waals surface area contributed by atoms with Gasteiger partial charge in [-0.1, -0.05) is 158 Å². The van der Waals surface area contributed by atoms with Crippen molar-refractivity contribution in [2.75, 3.05) is 0 Å². The molecule has 55 heavy (non-hydrogen) atoms. The number of benzene rings is 9. The molecule has 2 nitrogen and oxygen atoms in total. The maximum Gasteiger partial charge on any atom is 0.0802 e. The summed E-state index contributed by atoms with van der Waals surface area (Å²) in [6.07, 6.45) is 1.90. The third-order valence-electron chi connectivity index (χ3n) is 11.8. The third-order valence-corrected chi connectivity index (χ3v) is 11.8. The number of pyridine rings is 1. The number of hydrogen-bond acceptors (Lipinski definition) is 1. The fourth-order valence-electron chi connectivity index (χ4n) is 9.53. The molecule has 1 aliphatic rings. The number of aromatic nitrogens is 2. The molecule has 2 heterocycles. The molecule has 2 heteroatoms. The number of hydrogen-bond donors (Lipinski definition) is 0. The smallest absolute Gasteiger partial charge is 0.0802 e. The second-order valence-electron chi connectivity index (χ2n) is 14.6. The van der Waals surface area contributed by atoms with Gasteiger partial charge in [0.1, 0.15) is 0 Å². The maximum atomic E-state index is 4.83. The van der Waals surface area contributed by atoms with Crippen LogP contribution in [0.25, 0.3) is 116 Å². The van der Waals surface area contributed by atoms with E-state index < -0.39 is 0 Å². The number of para-hydroxylation sites is 1. The van der Waals surface area contributed by atoms with Gasteiger partial charge in [0.25, 0.3) is 0 Å². The molecule has 0 unspecified atom stereocenters. The lowest BCUT2D eigenvalue weighted by atomic mass is 9.82. The van der Waals surface area contributed by atoms with Crippen molar-refractivity contribution in [3.63, 3.8) is 0 Å². The minimum atomic E-state index is 1.04. The van der Waals surface area contributed by atoms with E-state index >= 15 is 0 Å². The van der Waals surface area contributed by atoms with Crippen molar-refractivity contribution in [1.29, 1.82) is 0 Å². The summed E-state index contributed by atoms with van der Waals surface area (Å²) in [7, 11) is 0. The predicted octanol–water partition coefficient (Wildman–Crippen LogP) is 14.3. The highest BCUT2D eigenvalue weighted by atomic mass is 15.0. The minimum Gasteiger partial charge on any atom is -0.309 e. The lowest BCUT2D eigenvalue weighted by molar-refractivity contribution is 1.18. The molecule has 0 aliphatic heterocycles.